The van der Waals surface area contributed by atoms with E-state index in [1.165, 1.54) is 0 Å². The molecule has 2 rings (SSSR count). The molecule has 0 radical (unpaired) electrons. The summed E-state index contributed by atoms with van der Waals surface area (Å²) in [7, 11) is 3.11. The highest BCUT2D eigenvalue weighted by atomic mass is 35.5. The molecule has 0 aliphatic heterocycles. The van der Waals surface area contributed by atoms with Gasteiger partial charge in [0.1, 0.15) is 5.75 Å². The molecule has 1 amide bonds. The quantitative estimate of drug-likeness (QED) is 0.854. The van der Waals surface area contributed by atoms with Crippen LogP contribution >= 0.6 is 11.6 Å². The first-order valence-electron chi connectivity index (χ1n) is 7.41. The van der Waals surface area contributed by atoms with E-state index in [-0.39, 0.29) is 5.91 Å². The first-order chi connectivity index (χ1) is 11.5. The molecule has 0 aliphatic carbocycles. The number of aryl methyl sites for hydroxylation is 1. The van der Waals surface area contributed by atoms with E-state index in [9.17, 15) is 4.79 Å². The molecular formula is C18H20ClNO4. The molecule has 0 aliphatic rings. The van der Waals surface area contributed by atoms with Gasteiger partial charge < -0.3 is 19.5 Å². The molecule has 0 aromatic heterocycles. The van der Waals surface area contributed by atoms with Crippen LogP contribution in [0, 0.1) is 6.92 Å². The molecule has 0 heterocycles. The third-order valence-electron chi connectivity index (χ3n) is 3.50. The van der Waals surface area contributed by atoms with Crippen LogP contribution in [0.1, 0.15) is 12.5 Å². The number of benzene rings is 2. The van der Waals surface area contributed by atoms with Gasteiger partial charge in [0.2, 0.25) is 0 Å². The van der Waals surface area contributed by atoms with Gasteiger partial charge in [0.15, 0.2) is 17.6 Å². The van der Waals surface area contributed by atoms with Crippen molar-refractivity contribution < 1.29 is 19.0 Å². The largest absolute Gasteiger partial charge is 0.493 e. The van der Waals surface area contributed by atoms with Crippen molar-refractivity contribution in [2.45, 2.75) is 20.0 Å². The van der Waals surface area contributed by atoms with Crippen molar-refractivity contribution >= 4 is 23.2 Å². The zero-order valence-electron chi connectivity index (χ0n) is 14.1. The molecule has 6 heteroatoms. The van der Waals surface area contributed by atoms with Crippen LogP contribution in [0.25, 0.3) is 0 Å². The molecule has 24 heavy (non-hydrogen) atoms. The summed E-state index contributed by atoms with van der Waals surface area (Å²) >= 11 is 6.04. The van der Waals surface area contributed by atoms with Gasteiger partial charge in [0.05, 0.1) is 19.2 Å². The van der Waals surface area contributed by atoms with Gasteiger partial charge in [-0.05, 0) is 37.6 Å². The first kappa shape index (κ1) is 17.9. The number of amides is 1. The maximum absolute atomic E-state index is 12.4. The predicted molar refractivity (Wildman–Crippen MR) is 94.5 cm³/mol. The van der Waals surface area contributed by atoms with Crippen molar-refractivity contribution in [3.63, 3.8) is 0 Å². The molecule has 0 bridgehead atoms. The van der Waals surface area contributed by atoms with Crippen molar-refractivity contribution in [2.75, 3.05) is 19.5 Å². The zero-order chi connectivity index (χ0) is 17.7. The summed E-state index contributed by atoms with van der Waals surface area (Å²) in [6, 6.07) is 10.5. The van der Waals surface area contributed by atoms with Crippen molar-refractivity contribution in [3.8, 4) is 17.2 Å². The Morgan fingerprint density at radius 1 is 1.08 bits per heavy atom. The summed E-state index contributed by atoms with van der Waals surface area (Å²) in [5, 5.41) is 3.29. The Morgan fingerprint density at radius 3 is 2.33 bits per heavy atom. The Morgan fingerprint density at radius 2 is 1.71 bits per heavy atom. The highest BCUT2D eigenvalue weighted by Gasteiger charge is 2.18. The van der Waals surface area contributed by atoms with Gasteiger partial charge in [-0.3, -0.25) is 4.79 Å². The van der Waals surface area contributed by atoms with Crippen LogP contribution in [0.3, 0.4) is 0 Å². The van der Waals surface area contributed by atoms with Crippen LogP contribution < -0.4 is 19.5 Å². The van der Waals surface area contributed by atoms with Gasteiger partial charge in [-0.2, -0.15) is 0 Å². The number of para-hydroxylation sites is 1. The zero-order valence-corrected chi connectivity index (χ0v) is 14.8. The number of halogens is 1. The molecule has 0 spiro atoms. The number of carbonyl (C=O) groups is 1. The molecule has 1 atom stereocenters. The molecule has 0 saturated carbocycles. The monoisotopic (exact) mass is 349 g/mol. The Bertz CT molecular complexity index is 733. The number of rotatable bonds is 6. The minimum atomic E-state index is -0.711. The number of nitrogens with one attached hydrogen (secondary N) is 1. The van der Waals surface area contributed by atoms with E-state index in [1.807, 2.05) is 6.92 Å². The van der Waals surface area contributed by atoms with Crippen molar-refractivity contribution in [2.24, 2.45) is 0 Å². The minimum Gasteiger partial charge on any atom is -0.493 e. The van der Waals surface area contributed by atoms with Gasteiger partial charge in [0, 0.05) is 11.8 Å². The summed E-state index contributed by atoms with van der Waals surface area (Å²) < 4.78 is 16.1. The van der Waals surface area contributed by atoms with Gasteiger partial charge in [-0.15, -0.1) is 0 Å². The lowest BCUT2D eigenvalue weighted by Gasteiger charge is -2.17. The Balaban J connectivity index is 2.13. The second-order valence-corrected chi connectivity index (χ2v) is 5.61. The number of carbonyl (C=O) groups excluding carboxylic acids is 1. The number of hydrogen-bond acceptors (Lipinski definition) is 4. The van der Waals surface area contributed by atoms with E-state index in [2.05, 4.69) is 5.32 Å². The molecule has 1 N–H and O–H groups in total. The summed E-state index contributed by atoms with van der Waals surface area (Å²) in [6.45, 7) is 3.53. The maximum Gasteiger partial charge on any atom is 0.265 e. The Kier molecular flexibility index (Phi) is 5.93. The topological polar surface area (TPSA) is 56.8 Å². The molecule has 0 fully saturated rings. The number of anilines is 1. The van der Waals surface area contributed by atoms with Gasteiger partial charge in [0.25, 0.3) is 5.91 Å². The van der Waals surface area contributed by atoms with E-state index in [4.69, 9.17) is 25.8 Å². The number of methoxy groups -OCH3 is 2. The van der Waals surface area contributed by atoms with Crippen LogP contribution in [-0.4, -0.2) is 26.2 Å². The van der Waals surface area contributed by atoms with E-state index < -0.39 is 6.10 Å². The summed E-state index contributed by atoms with van der Waals surface area (Å²) in [6.07, 6.45) is -0.711. The summed E-state index contributed by atoms with van der Waals surface area (Å²) in [4.78, 5) is 12.4. The van der Waals surface area contributed by atoms with E-state index in [1.54, 1.807) is 57.5 Å². The smallest absolute Gasteiger partial charge is 0.265 e. The van der Waals surface area contributed by atoms with Crippen LogP contribution in [0.5, 0.6) is 17.2 Å². The second kappa shape index (κ2) is 7.93. The van der Waals surface area contributed by atoms with E-state index in [0.717, 1.165) is 5.56 Å². The van der Waals surface area contributed by atoms with Crippen molar-refractivity contribution in [1.82, 2.24) is 0 Å². The van der Waals surface area contributed by atoms with Crippen molar-refractivity contribution in [3.05, 3.63) is 47.0 Å². The summed E-state index contributed by atoms with van der Waals surface area (Å²) in [5.41, 5.74) is 1.48. The second-order valence-electron chi connectivity index (χ2n) is 5.20. The number of hydrogen-bond donors (Lipinski definition) is 1. The lowest BCUT2D eigenvalue weighted by atomic mass is 10.1. The van der Waals surface area contributed by atoms with Crippen LogP contribution in [0.2, 0.25) is 5.02 Å². The third kappa shape index (κ3) is 4.11. The van der Waals surface area contributed by atoms with Crippen molar-refractivity contribution in [1.29, 1.82) is 0 Å². The minimum absolute atomic E-state index is 0.287. The lowest BCUT2D eigenvalue weighted by molar-refractivity contribution is -0.122. The lowest BCUT2D eigenvalue weighted by Crippen LogP contribution is -2.30. The molecule has 0 saturated heterocycles. The van der Waals surface area contributed by atoms with Gasteiger partial charge in [-0.1, -0.05) is 23.7 Å². The number of ether oxygens (including phenoxy) is 3. The predicted octanol–water partition coefficient (Wildman–Crippen LogP) is 4.07. The molecule has 5 nitrogen and oxygen atoms in total. The molecule has 1 unspecified atom stereocenters. The fraction of sp³-hybridized carbons (Fsp3) is 0.278. The normalized spacial score (nSPS) is 11.5. The summed E-state index contributed by atoms with van der Waals surface area (Å²) in [5.74, 6) is 1.32. The molecule has 128 valence electrons. The first-order valence-corrected chi connectivity index (χ1v) is 7.78. The highest BCUT2D eigenvalue weighted by molar-refractivity contribution is 6.32. The van der Waals surface area contributed by atoms with Crippen LogP contribution in [0.15, 0.2) is 36.4 Å². The molecule has 2 aromatic rings. The van der Waals surface area contributed by atoms with Crippen LogP contribution in [-0.2, 0) is 4.79 Å². The standard InChI is InChI=1S/C18H20ClNO4/c1-11-9-16(22-3)17(23-4)10-14(11)20-18(21)12(2)24-15-8-6-5-7-13(15)19/h5-10,12H,1-4H3,(H,20,21). The third-order valence-corrected chi connectivity index (χ3v) is 3.81. The average molecular weight is 350 g/mol. The SMILES string of the molecule is COc1cc(C)c(NC(=O)C(C)Oc2ccccc2Cl)cc1OC. The highest BCUT2D eigenvalue weighted by Crippen LogP contribution is 2.33. The maximum atomic E-state index is 12.4. The fourth-order valence-corrected chi connectivity index (χ4v) is 2.31. The van der Waals surface area contributed by atoms with E-state index >= 15 is 0 Å². The molecular weight excluding hydrogens is 330 g/mol. The Labute approximate surface area is 146 Å². The van der Waals surface area contributed by atoms with E-state index in [0.29, 0.717) is 28.0 Å². The molecule has 2 aromatic carbocycles. The van der Waals surface area contributed by atoms with Gasteiger partial charge in [-0.25, -0.2) is 0 Å². The van der Waals surface area contributed by atoms with Gasteiger partial charge >= 0.3 is 0 Å². The fourth-order valence-electron chi connectivity index (χ4n) is 2.13. The Hall–Kier alpha value is -2.40. The average Bonchev–Trinajstić information content (AvgIpc) is 2.58. The van der Waals surface area contributed by atoms with Crippen LogP contribution in [0.4, 0.5) is 5.69 Å².